The molecule has 0 aliphatic carbocycles. The summed E-state index contributed by atoms with van der Waals surface area (Å²) >= 11 is 1.18. The van der Waals surface area contributed by atoms with E-state index in [0.717, 1.165) is 5.56 Å². The molecule has 1 saturated heterocycles. The Kier molecular flexibility index (Phi) is 6.22. The first-order chi connectivity index (χ1) is 14.8. The maximum atomic E-state index is 12.8. The molecule has 3 aromatic rings. The van der Waals surface area contributed by atoms with Crippen LogP contribution >= 0.6 is 11.3 Å². The number of carbonyl (C=O) groups is 1. The first kappa shape index (κ1) is 21.7. The van der Waals surface area contributed by atoms with Gasteiger partial charge in [0, 0.05) is 13.1 Å². The fourth-order valence-electron chi connectivity index (χ4n) is 3.58. The van der Waals surface area contributed by atoms with Crippen LogP contribution in [0.2, 0.25) is 0 Å². The number of amides is 1. The molecule has 0 saturated carbocycles. The van der Waals surface area contributed by atoms with Crippen LogP contribution in [0.3, 0.4) is 0 Å². The number of nitrogens with zero attached hydrogens (tertiary/aromatic N) is 3. The van der Waals surface area contributed by atoms with Crippen molar-refractivity contribution in [3.8, 4) is 0 Å². The third kappa shape index (κ3) is 4.86. The van der Waals surface area contributed by atoms with E-state index >= 15 is 0 Å². The molecule has 1 fully saturated rings. The van der Waals surface area contributed by atoms with Gasteiger partial charge in [-0.25, -0.2) is 8.42 Å². The summed E-state index contributed by atoms with van der Waals surface area (Å²) in [5.41, 5.74) is 3.45. The van der Waals surface area contributed by atoms with E-state index < -0.39 is 15.9 Å². The van der Waals surface area contributed by atoms with E-state index in [-0.39, 0.29) is 18.5 Å². The van der Waals surface area contributed by atoms with Gasteiger partial charge >= 0.3 is 6.01 Å². The first-order valence-corrected chi connectivity index (χ1v) is 12.4. The fourth-order valence-corrected chi connectivity index (χ4v) is 6.25. The van der Waals surface area contributed by atoms with Gasteiger partial charge in [0.2, 0.25) is 11.8 Å². The predicted octanol–water partition coefficient (Wildman–Crippen LogP) is 3.38. The largest absolute Gasteiger partial charge is 0.407 e. The molecule has 0 spiro atoms. The molecule has 4 rings (SSSR count). The highest BCUT2D eigenvalue weighted by Gasteiger charge is 2.34. The maximum Gasteiger partial charge on any atom is 0.322 e. The molecule has 3 heterocycles. The summed E-state index contributed by atoms with van der Waals surface area (Å²) in [6.45, 7) is 4.64. The number of aryl methyl sites for hydroxylation is 2. The van der Waals surface area contributed by atoms with Crippen LogP contribution < -0.4 is 5.32 Å². The molecule has 2 aromatic heterocycles. The number of aromatic nitrogens is 2. The van der Waals surface area contributed by atoms with Gasteiger partial charge in [-0.2, -0.15) is 4.31 Å². The highest BCUT2D eigenvalue weighted by molar-refractivity contribution is 7.91. The second kappa shape index (κ2) is 8.89. The molecule has 164 valence electrons. The minimum Gasteiger partial charge on any atom is -0.407 e. The Balaban J connectivity index is 1.38. The summed E-state index contributed by atoms with van der Waals surface area (Å²) in [5.74, 6) is -0.379. The smallest absolute Gasteiger partial charge is 0.322 e. The van der Waals surface area contributed by atoms with Crippen LogP contribution in [0.25, 0.3) is 0 Å². The molecule has 1 atom stereocenters. The average Bonchev–Trinajstić information content (AvgIpc) is 3.44. The van der Waals surface area contributed by atoms with Gasteiger partial charge in [0.25, 0.3) is 10.0 Å². The predicted molar refractivity (Wildman–Crippen MR) is 117 cm³/mol. The number of piperidine rings is 1. The van der Waals surface area contributed by atoms with E-state index in [4.69, 9.17) is 4.42 Å². The van der Waals surface area contributed by atoms with Crippen molar-refractivity contribution in [2.75, 3.05) is 18.4 Å². The number of benzene rings is 1. The quantitative estimate of drug-likeness (QED) is 0.605. The van der Waals surface area contributed by atoms with E-state index in [1.165, 1.54) is 26.8 Å². The molecule has 31 heavy (non-hydrogen) atoms. The first-order valence-electron chi connectivity index (χ1n) is 10.1. The molecule has 0 bridgehead atoms. The van der Waals surface area contributed by atoms with Gasteiger partial charge in [0.15, 0.2) is 0 Å². The summed E-state index contributed by atoms with van der Waals surface area (Å²) in [7, 11) is -3.57. The van der Waals surface area contributed by atoms with E-state index in [2.05, 4.69) is 28.5 Å². The van der Waals surface area contributed by atoms with Crippen LogP contribution in [0.5, 0.6) is 0 Å². The van der Waals surface area contributed by atoms with Crippen molar-refractivity contribution in [2.45, 2.75) is 37.3 Å². The van der Waals surface area contributed by atoms with Gasteiger partial charge in [-0.3, -0.25) is 10.1 Å². The molecule has 10 heteroatoms. The summed E-state index contributed by atoms with van der Waals surface area (Å²) in [6, 6.07) is 9.44. The van der Waals surface area contributed by atoms with Crippen LogP contribution in [0.1, 0.15) is 35.4 Å². The highest BCUT2D eigenvalue weighted by atomic mass is 32.2. The van der Waals surface area contributed by atoms with Crippen molar-refractivity contribution in [1.82, 2.24) is 14.5 Å². The van der Waals surface area contributed by atoms with Crippen molar-refractivity contribution in [2.24, 2.45) is 5.92 Å². The number of rotatable bonds is 6. The number of hydrogen-bond donors (Lipinski definition) is 1. The second-order valence-corrected chi connectivity index (χ2v) is 10.8. The van der Waals surface area contributed by atoms with Crippen LogP contribution in [0.15, 0.2) is 44.3 Å². The Morgan fingerprint density at radius 1 is 1.26 bits per heavy atom. The van der Waals surface area contributed by atoms with Gasteiger partial charge < -0.3 is 4.42 Å². The molecular weight excluding hydrogens is 436 g/mol. The van der Waals surface area contributed by atoms with Gasteiger partial charge in [-0.05, 0) is 54.8 Å². The van der Waals surface area contributed by atoms with Crippen molar-refractivity contribution in [1.29, 1.82) is 0 Å². The number of thiophene rings is 1. The number of carbonyl (C=O) groups excluding carboxylic acids is 1. The number of nitrogens with one attached hydrogen (secondary N) is 1. The number of hydrogen-bond acceptors (Lipinski definition) is 7. The zero-order valence-corrected chi connectivity index (χ0v) is 19.0. The van der Waals surface area contributed by atoms with Crippen LogP contribution in [-0.2, 0) is 21.2 Å². The standard InChI is InChI=1S/C21H24N4O4S2/c1-14-7-8-16(11-15(14)2)12-18-23-24-21(29-18)22-20(26)17-5-3-9-25(13-17)31(27,28)19-6-4-10-30-19/h4,6-8,10-11,17H,3,5,9,12-13H2,1-2H3,(H,22,24,26). The minimum absolute atomic E-state index is 0.0297. The average molecular weight is 461 g/mol. The molecule has 1 amide bonds. The van der Waals surface area contributed by atoms with Gasteiger partial charge in [0.05, 0.1) is 12.3 Å². The molecule has 1 N–H and O–H groups in total. The summed E-state index contributed by atoms with van der Waals surface area (Å²) < 4.78 is 32.8. The molecule has 8 nitrogen and oxygen atoms in total. The summed E-state index contributed by atoms with van der Waals surface area (Å²) in [4.78, 5) is 12.7. The van der Waals surface area contributed by atoms with Crippen LogP contribution in [0.4, 0.5) is 6.01 Å². The Bertz CT molecular complexity index is 1170. The Morgan fingerprint density at radius 2 is 2.10 bits per heavy atom. The van der Waals surface area contributed by atoms with Gasteiger partial charge in [-0.1, -0.05) is 29.4 Å². The molecule has 1 aliphatic heterocycles. The second-order valence-electron chi connectivity index (χ2n) is 7.72. The van der Waals surface area contributed by atoms with Gasteiger partial charge in [0.1, 0.15) is 4.21 Å². The fraction of sp³-hybridized carbons (Fsp3) is 0.381. The summed E-state index contributed by atoms with van der Waals surface area (Å²) in [5, 5.41) is 12.3. The molecule has 1 aliphatic rings. The monoisotopic (exact) mass is 460 g/mol. The van der Waals surface area contributed by atoms with Crippen molar-refractivity contribution in [3.63, 3.8) is 0 Å². The Hall–Kier alpha value is -2.56. The van der Waals surface area contributed by atoms with E-state index in [1.807, 2.05) is 19.1 Å². The zero-order valence-electron chi connectivity index (χ0n) is 17.4. The lowest BCUT2D eigenvalue weighted by Gasteiger charge is -2.30. The van der Waals surface area contributed by atoms with E-state index in [1.54, 1.807) is 17.5 Å². The van der Waals surface area contributed by atoms with Gasteiger partial charge in [-0.15, -0.1) is 16.4 Å². The highest BCUT2D eigenvalue weighted by Crippen LogP contribution is 2.27. The summed E-state index contributed by atoms with van der Waals surface area (Å²) in [6.07, 6.45) is 1.69. The molecular formula is C21H24N4O4S2. The Morgan fingerprint density at radius 3 is 2.84 bits per heavy atom. The minimum atomic E-state index is -3.57. The molecule has 1 aromatic carbocycles. The normalized spacial score (nSPS) is 17.5. The van der Waals surface area contributed by atoms with Crippen molar-refractivity contribution < 1.29 is 17.6 Å². The van der Waals surface area contributed by atoms with Crippen molar-refractivity contribution >= 4 is 33.3 Å². The van der Waals surface area contributed by atoms with Crippen molar-refractivity contribution in [3.05, 3.63) is 58.3 Å². The van der Waals surface area contributed by atoms with Crippen LogP contribution in [-0.4, -0.2) is 41.9 Å². The third-order valence-electron chi connectivity index (χ3n) is 5.47. The zero-order chi connectivity index (χ0) is 22.0. The Labute approximate surface area is 185 Å². The SMILES string of the molecule is Cc1ccc(Cc2nnc(NC(=O)C3CCCN(S(=O)(=O)c4cccs4)C3)o2)cc1C. The van der Waals surface area contributed by atoms with Crippen LogP contribution in [0, 0.1) is 19.8 Å². The molecule has 1 unspecified atom stereocenters. The molecule has 0 radical (unpaired) electrons. The van der Waals surface area contributed by atoms with E-state index in [0.29, 0.717) is 35.9 Å². The third-order valence-corrected chi connectivity index (χ3v) is 8.71. The number of sulfonamides is 1. The lowest BCUT2D eigenvalue weighted by molar-refractivity contribution is -0.121. The van der Waals surface area contributed by atoms with E-state index in [9.17, 15) is 13.2 Å². The number of anilines is 1. The lowest BCUT2D eigenvalue weighted by Crippen LogP contribution is -2.43. The maximum absolute atomic E-state index is 12.8. The topological polar surface area (TPSA) is 105 Å². The lowest BCUT2D eigenvalue weighted by atomic mass is 9.99.